The summed E-state index contributed by atoms with van der Waals surface area (Å²) in [6.07, 6.45) is 2.25. The first kappa shape index (κ1) is 14.0. The molecule has 1 heterocycles. The van der Waals surface area contributed by atoms with Crippen molar-refractivity contribution in [1.29, 1.82) is 0 Å². The van der Waals surface area contributed by atoms with Crippen LogP contribution in [0.4, 0.5) is 5.69 Å². The number of ether oxygens (including phenoxy) is 1. The van der Waals surface area contributed by atoms with E-state index >= 15 is 0 Å². The fourth-order valence-electron chi connectivity index (χ4n) is 2.21. The number of carbonyl (C=O) groups excluding carboxylic acids is 1. The predicted molar refractivity (Wildman–Crippen MR) is 76.2 cm³/mol. The van der Waals surface area contributed by atoms with Gasteiger partial charge in [-0.3, -0.25) is 4.79 Å². The van der Waals surface area contributed by atoms with Crippen LogP contribution in [-0.4, -0.2) is 32.2 Å². The highest BCUT2D eigenvalue weighted by Crippen LogP contribution is 2.12. The largest absolute Gasteiger partial charge is 0.372 e. The maximum atomic E-state index is 11.6. The molecule has 1 unspecified atom stereocenters. The van der Waals surface area contributed by atoms with Gasteiger partial charge in [-0.05, 0) is 50.9 Å². The van der Waals surface area contributed by atoms with E-state index in [9.17, 15) is 4.79 Å². The van der Waals surface area contributed by atoms with Gasteiger partial charge in [0.25, 0.3) is 0 Å². The van der Waals surface area contributed by atoms with Gasteiger partial charge in [-0.25, -0.2) is 0 Å². The number of anilines is 1. The van der Waals surface area contributed by atoms with Gasteiger partial charge < -0.3 is 15.4 Å². The van der Waals surface area contributed by atoms with E-state index in [4.69, 9.17) is 4.74 Å². The van der Waals surface area contributed by atoms with Gasteiger partial charge in [0.2, 0.25) is 5.91 Å². The lowest BCUT2D eigenvalue weighted by Crippen LogP contribution is -2.19. The van der Waals surface area contributed by atoms with Crippen molar-refractivity contribution in [3.05, 3.63) is 29.8 Å². The van der Waals surface area contributed by atoms with E-state index in [0.29, 0.717) is 12.5 Å². The molecule has 1 saturated heterocycles. The van der Waals surface area contributed by atoms with Gasteiger partial charge >= 0.3 is 0 Å². The molecule has 19 heavy (non-hydrogen) atoms. The monoisotopic (exact) mass is 262 g/mol. The molecule has 1 aromatic carbocycles. The predicted octanol–water partition coefficient (Wildman–Crippen LogP) is 1.95. The van der Waals surface area contributed by atoms with E-state index in [1.807, 2.05) is 31.2 Å². The van der Waals surface area contributed by atoms with Crippen LogP contribution in [-0.2, 0) is 9.53 Å². The van der Waals surface area contributed by atoms with Gasteiger partial charge in [-0.1, -0.05) is 17.7 Å². The summed E-state index contributed by atoms with van der Waals surface area (Å²) in [4.78, 5) is 11.6. The van der Waals surface area contributed by atoms with E-state index in [1.54, 1.807) is 0 Å². The zero-order valence-corrected chi connectivity index (χ0v) is 11.4. The third kappa shape index (κ3) is 5.01. The van der Waals surface area contributed by atoms with Gasteiger partial charge in [-0.2, -0.15) is 0 Å². The third-order valence-corrected chi connectivity index (χ3v) is 3.40. The number of aryl methyl sites for hydroxylation is 1. The topological polar surface area (TPSA) is 50.4 Å². The van der Waals surface area contributed by atoms with Crippen LogP contribution in [0.25, 0.3) is 0 Å². The molecule has 0 aliphatic carbocycles. The van der Waals surface area contributed by atoms with Crippen molar-refractivity contribution in [1.82, 2.24) is 5.32 Å². The Morgan fingerprint density at radius 2 is 2.21 bits per heavy atom. The van der Waals surface area contributed by atoms with Gasteiger partial charge in [0, 0.05) is 12.3 Å². The summed E-state index contributed by atoms with van der Waals surface area (Å²) in [7, 11) is 0. The van der Waals surface area contributed by atoms with Crippen LogP contribution >= 0.6 is 0 Å². The normalized spacial score (nSPS) is 18.5. The molecule has 1 aliphatic heterocycles. The summed E-state index contributed by atoms with van der Waals surface area (Å²) in [6.45, 7) is 5.01. The second-order valence-electron chi connectivity index (χ2n) is 5.11. The lowest BCUT2D eigenvalue weighted by atomic mass is 10.1. The third-order valence-electron chi connectivity index (χ3n) is 3.40. The molecule has 1 aromatic rings. The summed E-state index contributed by atoms with van der Waals surface area (Å²) < 4.78 is 5.41. The van der Waals surface area contributed by atoms with Crippen LogP contribution < -0.4 is 10.6 Å². The fraction of sp³-hybridized carbons (Fsp3) is 0.533. The Labute approximate surface area is 114 Å². The minimum atomic E-state index is -0.0894. The maximum Gasteiger partial charge on any atom is 0.250 e. The lowest BCUT2D eigenvalue weighted by Gasteiger charge is -2.09. The zero-order chi connectivity index (χ0) is 13.5. The summed E-state index contributed by atoms with van der Waals surface area (Å²) >= 11 is 0. The molecule has 0 saturated carbocycles. The van der Waals surface area contributed by atoms with Gasteiger partial charge in [0.05, 0.1) is 0 Å². The average Bonchev–Trinajstić information content (AvgIpc) is 2.91. The van der Waals surface area contributed by atoms with Crippen molar-refractivity contribution in [3.8, 4) is 0 Å². The van der Waals surface area contributed by atoms with Crippen LogP contribution in [0.1, 0.15) is 18.4 Å². The van der Waals surface area contributed by atoms with Crippen molar-refractivity contribution in [2.45, 2.75) is 19.8 Å². The van der Waals surface area contributed by atoms with Crippen molar-refractivity contribution in [2.75, 3.05) is 31.6 Å². The Hall–Kier alpha value is -1.39. The van der Waals surface area contributed by atoms with Crippen LogP contribution in [0.15, 0.2) is 24.3 Å². The molecule has 1 atom stereocenters. The molecular formula is C15H22N2O2. The highest BCUT2D eigenvalue weighted by molar-refractivity contribution is 5.91. The Kier molecular flexibility index (Phi) is 5.36. The standard InChI is InChI=1S/C15H22N2O2/c1-12-2-4-14(5-3-12)17-15(18)11-19-9-7-13-6-8-16-10-13/h2-5,13,16H,6-11H2,1H3,(H,17,18). The molecule has 4 nitrogen and oxygen atoms in total. The maximum absolute atomic E-state index is 11.6. The first-order valence-electron chi connectivity index (χ1n) is 6.89. The number of nitrogens with one attached hydrogen (secondary N) is 2. The van der Waals surface area contributed by atoms with Crippen LogP contribution in [0.5, 0.6) is 0 Å². The highest BCUT2D eigenvalue weighted by Gasteiger charge is 2.13. The Morgan fingerprint density at radius 3 is 2.89 bits per heavy atom. The molecule has 2 rings (SSSR count). The fourth-order valence-corrected chi connectivity index (χ4v) is 2.21. The molecule has 4 heteroatoms. The second kappa shape index (κ2) is 7.26. The van der Waals surface area contributed by atoms with E-state index in [2.05, 4.69) is 10.6 Å². The molecule has 104 valence electrons. The Morgan fingerprint density at radius 1 is 1.42 bits per heavy atom. The quantitative estimate of drug-likeness (QED) is 0.770. The van der Waals surface area contributed by atoms with E-state index in [-0.39, 0.29) is 12.5 Å². The van der Waals surface area contributed by atoms with Crippen molar-refractivity contribution < 1.29 is 9.53 Å². The molecule has 2 N–H and O–H groups in total. The number of benzene rings is 1. The molecular weight excluding hydrogens is 240 g/mol. The summed E-state index contributed by atoms with van der Waals surface area (Å²) in [6, 6.07) is 7.75. The van der Waals surface area contributed by atoms with Crippen LogP contribution in [0.3, 0.4) is 0 Å². The first-order valence-corrected chi connectivity index (χ1v) is 6.89. The summed E-state index contributed by atoms with van der Waals surface area (Å²) in [5, 5.41) is 6.15. The molecule has 1 aliphatic rings. The molecule has 1 fully saturated rings. The number of carbonyl (C=O) groups is 1. The zero-order valence-electron chi connectivity index (χ0n) is 11.4. The van der Waals surface area contributed by atoms with Crippen LogP contribution in [0, 0.1) is 12.8 Å². The number of amides is 1. The lowest BCUT2D eigenvalue weighted by molar-refractivity contribution is -0.120. The summed E-state index contributed by atoms with van der Waals surface area (Å²) in [5.41, 5.74) is 2.00. The second-order valence-corrected chi connectivity index (χ2v) is 5.11. The van der Waals surface area contributed by atoms with Crippen LogP contribution in [0.2, 0.25) is 0 Å². The average molecular weight is 262 g/mol. The number of hydrogen-bond acceptors (Lipinski definition) is 3. The summed E-state index contributed by atoms with van der Waals surface area (Å²) in [5.74, 6) is 0.619. The first-order chi connectivity index (χ1) is 9.24. The van der Waals surface area contributed by atoms with Gasteiger partial charge in [0.15, 0.2) is 0 Å². The van der Waals surface area contributed by atoms with Crippen molar-refractivity contribution in [3.63, 3.8) is 0 Å². The Balaban J connectivity index is 1.60. The number of hydrogen-bond donors (Lipinski definition) is 2. The van der Waals surface area contributed by atoms with E-state index in [0.717, 1.165) is 25.2 Å². The smallest absolute Gasteiger partial charge is 0.250 e. The molecule has 0 spiro atoms. The van der Waals surface area contributed by atoms with Crippen molar-refractivity contribution in [2.24, 2.45) is 5.92 Å². The molecule has 0 radical (unpaired) electrons. The minimum absolute atomic E-state index is 0.0894. The SMILES string of the molecule is Cc1ccc(NC(=O)COCCC2CCNC2)cc1. The van der Waals surface area contributed by atoms with Gasteiger partial charge in [0.1, 0.15) is 6.61 Å². The van der Waals surface area contributed by atoms with Crippen molar-refractivity contribution >= 4 is 11.6 Å². The molecule has 1 amide bonds. The molecule has 0 aromatic heterocycles. The van der Waals surface area contributed by atoms with E-state index < -0.39 is 0 Å². The number of rotatable bonds is 6. The molecule has 0 bridgehead atoms. The Bertz CT molecular complexity index is 397. The highest BCUT2D eigenvalue weighted by atomic mass is 16.5. The van der Waals surface area contributed by atoms with Gasteiger partial charge in [-0.15, -0.1) is 0 Å². The van der Waals surface area contributed by atoms with E-state index in [1.165, 1.54) is 12.0 Å². The minimum Gasteiger partial charge on any atom is -0.372 e.